The van der Waals surface area contributed by atoms with Crippen molar-refractivity contribution in [3.63, 3.8) is 0 Å². The number of carbonyl (C=O) groups excluding carboxylic acids is 1. The summed E-state index contributed by atoms with van der Waals surface area (Å²) in [5.74, 6) is 1.45. The molecule has 18 heavy (non-hydrogen) atoms. The molecule has 1 aromatic heterocycles. The Morgan fingerprint density at radius 2 is 2.06 bits per heavy atom. The van der Waals surface area contributed by atoms with Crippen LogP contribution in [0.1, 0.15) is 23.7 Å². The fourth-order valence-corrected chi connectivity index (χ4v) is 2.07. The molecule has 0 amide bonds. The van der Waals surface area contributed by atoms with Gasteiger partial charge in [-0.2, -0.15) is 0 Å². The number of benzene rings is 1. The molecule has 0 N–H and O–H groups in total. The van der Waals surface area contributed by atoms with E-state index >= 15 is 0 Å². The van der Waals surface area contributed by atoms with Gasteiger partial charge in [0.05, 0.1) is 12.2 Å². The molecule has 0 saturated heterocycles. The Morgan fingerprint density at radius 3 is 2.72 bits per heavy atom. The summed E-state index contributed by atoms with van der Waals surface area (Å²) in [5.41, 5.74) is 1.15. The van der Waals surface area contributed by atoms with Crippen molar-refractivity contribution >= 4 is 5.97 Å². The largest absolute Gasteiger partial charge is 0.469 e. The van der Waals surface area contributed by atoms with Gasteiger partial charge < -0.3 is 9.15 Å². The monoisotopic (exact) mass is 242 g/mol. The Balaban J connectivity index is 1.62. The Bertz CT molecular complexity index is 540. The van der Waals surface area contributed by atoms with E-state index in [-0.39, 0.29) is 17.8 Å². The number of rotatable bonds is 3. The lowest BCUT2D eigenvalue weighted by atomic mass is 10.2. The summed E-state index contributed by atoms with van der Waals surface area (Å²) in [5, 5.41) is 0. The molecule has 3 rings (SSSR count). The summed E-state index contributed by atoms with van der Waals surface area (Å²) in [6.07, 6.45) is 2.45. The average molecular weight is 242 g/mol. The van der Waals surface area contributed by atoms with Crippen LogP contribution in [0.3, 0.4) is 0 Å². The standard InChI is InChI=1S/C15H14O3/c1-10-4-6-11(7-5-10)18-15(16)13-9-12(13)14-3-2-8-17-14/h2-8,12-13H,9H2,1H3. The van der Waals surface area contributed by atoms with Crippen LogP contribution in [0.4, 0.5) is 0 Å². The highest BCUT2D eigenvalue weighted by atomic mass is 16.5. The summed E-state index contributed by atoms with van der Waals surface area (Å²) in [7, 11) is 0. The van der Waals surface area contributed by atoms with Crippen molar-refractivity contribution in [2.45, 2.75) is 19.3 Å². The number of hydrogen-bond acceptors (Lipinski definition) is 3. The molecule has 2 atom stereocenters. The molecule has 3 heteroatoms. The van der Waals surface area contributed by atoms with Gasteiger partial charge in [-0.3, -0.25) is 4.79 Å². The predicted molar refractivity (Wildman–Crippen MR) is 66.4 cm³/mol. The number of furan rings is 1. The van der Waals surface area contributed by atoms with E-state index in [4.69, 9.17) is 9.15 Å². The molecule has 92 valence electrons. The third kappa shape index (κ3) is 2.16. The molecular weight excluding hydrogens is 228 g/mol. The highest BCUT2D eigenvalue weighted by molar-refractivity contribution is 5.79. The van der Waals surface area contributed by atoms with Crippen LogP contribution in [0, 0.1) is 12.8 Å². The maximum atomic E-state index is 11.9. The maximum absolute atomic E-state index is 11.9. The first-order valence-electron chi connectivity index (χ1n) is 6.06. The lowest BCUT2D eigenvalue weighted by molar-refractivity contribution is -0.135. The van der Waals surface area contributed by atoms with Crippen molar-refractivity contribution < 1.29 is 13.9 Å². The van der Waals surface area contributed by atoms with Crippen LogP contribution in [-0.2, 0) is 4.79 Å². The quantitative estimate of drug-likeness (QED) is 0.612. The second-order valence-corrected chi connectivity index (χ2v) is 4.70. The van der Waals surface area contributed by atoms with Crippen molar-refractivity contribution in [3.8, 4) is 5.75 Å². The SMILES string of the molecule is Cc1ccc(OC(=O)C2CC2c2ccco2)cc1. The molecule has 3 nitrogen and oxygen atoms in total. The fraction of sp³-hybridized carbons (Fsp3) is 0.267. The van der Waals surface area contributed by atoms with Gasteiger partial charge in [0, 0.05) is 5.92 Å². The predicted octanol–water partition coefficient (Wildman–Crippen LogP) is 3.30. The van der Waals surface area contributed by atoms with Crippen LogP contribution >= 0.6 is 0 Å². The fourth-order valence-electron chi connectivity index (χ4n) is 2.07. The minimum Gasteiger partial charge on any atom is -0.469 e. The molecule has 1 heterocycles. The van der Waals surface area contributed by atoms with Crippen LogP contribution < -0.4 is 4.74 Å². The van der Waals surface area contributed by atoms with Gasteiger partial charge in [0.25, 0.3) is 0 Å². The van der Waals surface area contributed by atoms with Crippen LogP contribution in [0.2, 0.25) is 0 Å². The van der Waals surface area contributed by atoms with E-state index in [1.165, 1.54) is 0 Å². The smallest absolute Gasteiger partial charge is 0.315 e. The minimum atomic E-state index is -0.166. The van der Waals surface area contributed by atoms with Crippen molar-refractivity contribution in [1.29, 1.82) is 0 Å². The Morgan fingerprint density at radius 1 is 1.28 bits per heavy atom. The van der Waals surface area contributed by atoms with Gasteiger partial charge in [0.1, 0.15) is 11.5 Å². The van der Waals surface area contributed by atoms with Crippen LogP contribution in [0.5, 0.6) is 5.75 Å². The Hall–Kier alpha value is -2.03. The maximum Gasteiger partial charge on any atom is 0.315 e. The van der Waals surface area contributed by atoms with Gasteiger partial charge in [0.2, 0.25) is 0 Å². The Labute approximate surface area is 105 Å². The zero-order chi connectivity index (χ0) is 12.5. The molecule has 1 aliphatic rings. The zero-order valence-corrected chi connectivity index (χ0v) is 10.1. The third-order valence-corrected chi connectivity index (χ3v) is 3.24. The number of esters is 1. The van der Waals surface area contributed by atoms with Crippen molar-refractivity contribution in [2.24, 2.45) is 5.92 Å². The molecule has 0 aliphatic heterocycles. The van der Waals surface area contributed by atoms with E-state index in [0.717, 1.165) is 17.7 Å². The van der Waals surface area contributed by atoms with Crippen LogP contribution in [-0.4, -0.2) is 5.97 Å². The van der Waals surface area contributed by atoms with E-state index in [0.29, 0.717) is 5.75 Å². The van der Waals surface area contributed by atoms with Gasteiger partial charge in [-0.15, -0.1) is 0 Å². The molecule has 2 aromatic rings. The molecule has 1 fully saturated rings. The van der Waals surface area contributed by atoms with E-state index < -0.39 is 0 Å². The Kier molecular flexibility index (Phi) is 2.67. The number of hydrogen-bond donors (Lipinski definition) is 0. The topological polar surface area (TPSA) is 39.4 Å². The lowest BCUT2D eigenvalue weighted by Crippen LogP contribution is -2.11. The highest BCUT2D eigenvalue weighted by Crippen LogP contribution is 2.48. The van der Waals surface area contributed by atoms with Crippen molar-refractivity contribution in [1.82, 2.24) is 0 Å². The zero-order valence-electron chi connectivity index (χ0n) is 10.1. The van der Waals surface area contributed by atoms with Gasteiger partial charge in [-0.25, -0.2) is 0 Å². The van der Waals surface area contributed by atoms with Gasteiger partial charge in [0.15, 0.2) is 0 Å². The first-order valence-corrected chi connectivity index (χ1v) is 6.06. The van der Waals surface area contributed by atoms with Crippen LogP contribution in [0.15, 0.2) is 47.1 Å². The third-order valence-electron chi connectivity index (χ3n) is 3.24. The molecule has 1 aromatic carbocycles. The summed E-state index contributed by atoms with van der Waals surface area (Å²) in [6, 6.07) is 11.2. The minimum absolute atomic E-state index is 0.0579. The number of aryl methyl sites for hydroxylation is 1. The number of ether oxygens (including phenoxy) is 1. The molecule has 0 spiro atoms. The van der Waals surface area contributed by atoms with Crippen molar-refractivity contribution in [2.75, 3.05) is 0 Å². The second-order valence-electron chi connectivity index (χ2n) is 4.70. The summed E-state index contributed by atoms with van der Waals surface area (Å²) in [4.78, 5) is 11.9. The van der Waals surface area contributed by atoms with Crippen molar-refractivity contribution in [3.05, 3.63) is 54.0 Å². The van der Waals surface area contributed by atoms with Gasteiger partial charge in [-0.05, 0) is 37.6 Å². The molecule has 1 aliphatic carbocycles. The number of carbonyl (C=O) groups is 1. The van der Waals surface area contributed by atoms with Gasteiger partial charge in [-0.1, -0.05) is 17.7 Å². The van der Waals surface area contributed by atoms with E-state index in [9.17, 15) is 4.79 Å². The van der Waals surface area contributed by atoms with E-state index in [2.05, 4.69) is 0 Å². The average Bonchev–Trinajstić information content (AvgIpc) is 2.99. The highest BCUT2D eigenvalue weighted by Gasteiger charge is 2.47. The first kappa shape index (κ1) is 11.1. The normalized spacial score (nSPS) is 21.6. The van der Waals surface area contributed by atoms with E-state index in [1.807, 2.05) is 43.3 Å². The summed E-state index contributed by atoms with van der Waals surface area (Å²) in [6.45, 7) is 2.00. The second kappa shape index (κ2) is 4.33. The molecule has 0 bridgehead atoms. The summed E-state index contributed by atoms with van der Waals surface area (Å²) < 4.78 is 10.6. The van der Waals surface area contributed by atoms with E-state index in [1.54, 1.807) is 6.26 Å². The molecule has 0 radical (unpaired) electrons. The molecular formula is C15H14O3. The molecule has 2 unspecified atom stereocenters. The first-order chi connectivity index (χ1) is 8.74. The summed E-state index contributed by atoms with van der Waals surface area (Å²) >= 11 is 0. The van der Waals surface area contributed by atoms with Gasteiger partial charge >= 0.3 is 5.97 Å². The lowest BCUT2D eigenvalue weighted by Gasteiger charge is -2.03. The molecule has 1 saturated carbocycles. The van der Waals surface area contributed by atoms with Crippen LogP contribution in [0.25, 0.3) is 0 Å².